The zero-order valence-electron chi connectivity index (χ0n) is 17.1. The van der Waals surface area contributed by atoms with E-state index < -0.39 is 9.04 Å². The smallest absolute Gasteiger partial charge is 0.253 e. The number of nitrogens with zero attached hydrogens (tertiary/aromatic N) is 1. The molecule has 0 aromatic heterocycles. The first-order valence-electron chi connectivity index (χ1n) is 10.5. The van der Waals surface area contributed by atoms with E-state index in [4.69, 9.17) is 5.73 Å². The molecule has 0 aliphatic carbocycles. The van der Waals surface area contributed by atoms with E-state index in [1.165, 1.54) is 6.07 Å². The van der Waals surface area contributed by atoms with Crippen LogP contribution in [-0.2, 0) is 6.54 Å². The largest absolute Gasteiger partial charge is 0.431 e. The highest BCUT2D eigenvalue weighted by Crippen LogP contribution is 2.31. The van der Waals surface area contributed by atoms with Crippen molar-refractivity contribution >= 4 is 30.9 Å². The van der Waals surface area contributed by atoms with Crippen molar-refractivity contribution in [2.45, 2.75) is 31.9 Å². The van der Waals surface area contributed by atoms with Crippen LogP contribution in [0.1, 0.15) is 40.2 Å². The summed E-state index contributed by atoms with van der Waals surface area (Å²) in [6.45, 7) is 3.48. The summed E-state index contributed by atoms with van der Waals surface area (Å²) in [5, 5.41) is 2.99. The molecule has 0 bridgehead atoms. The molecule has 1 atom stereocenters. The van der Waals surface area contributed by atoms with E-state index >= 15 is 0 Å². The Balaban J connectivity index is 1.49. The van der Waals surface area contributed by atoms with Gasteiger partial charge in [0.15, 0.2) is 0 Å². The molecule has 30 heavy (non-hydrogen) atoms. The third-order valence-electron chi connectivity index (χ3n) is 6.13. The van der Waals surface area contributed by atoms with Gasteiger partial charge < -0.3 is 15.4 Å². The SMILES string of the molecule is C[SiH](O)c1cccc2cc(C(=O)N3CCC(c4cc(CN)ccc4F)CC3)ccc12. The minimum atomic E-state index is -1.93. The Bertz CT molecular complexity index is 1080. The molecule has 1 aliphatic rings. The van der Waals surface area contributed by atoms with E-state index in [9.17, 15) is 14.0 Å². The fourth-order valence-electron chi connectivity index (χ4n) is 4.42. The second kappa shape index (κ2) is 8.68. The molecule has 0 saturated carbocycles. The molecule has 1 aliphatic heterocycles. The maximum absolute atomic E-state index is 14.3. The third-order valence-corrected chi connectivity index (χ3v) is 7.53. The molecule has 0 radical (unpaired) electrons. The van der Waals surface area contributed by atoms with E-state index in [-0.39, 0.29) is 17.6 Å². The maximum atomic E-state index is 14.3. The number of carbonyl (C=O) groups is 1. The van der Waals surface area contributed by atoms with Gasteiger partial charge in [-0.05, 0) is 70.6 Å². The van der Waals surface area contributed by atoms with Gasteiger partial charge in [0.25, 0.3) is 5.91 Å². The predicted molar refractivity (Wildman–Crippen MR) is 121 cm³/mol. The van der Waals surface area contributed by atoms with Gasteiger partial charge in [-0.3, -0.25) is 4.79 Å². The lowest BCUT2D eigenvalue weighted by molar-refractivity contribution is 0.0712. The number of nitrogens with two attached hydrogens (primary N) is 1. The number of halogens is 1. The lowest BCUT2D eigenvalue weighted by Crippen LogP contribution is -2.38. The molecular weight excluding hydrogens is 395 g/mol. The number of benzene rings is 3. The molecule has 3 N–H and O–H groups in total. The molecule has 156 valence electrons. The Morgan fingerprint density at radius 1 is 1.17 bits per heavy atom. The van der Waals surface area contributed by atoms with Crippen LogP contribution < -0.4 is 10.9 Å². The number of hydrogen-bond acceptors (Lipinski definition) is 3. The van der Waals surface area contributed by atoms with E-state index in [2.05, 4.69) is 0 Å². The van der Waals surface area contributed by atoms with Crippen LogP contribution in [0.15, 0.2) is 54.6 Å². The first kappa shape index (κ1) is 20.7. The highest BCUT2D eigenvalue weighted by Gasteiger charge is 2.26. The number of piperidine rings is 1. The highest BCUT2D eigenvalue weighted by atomic mass is 28.3. The summed E-state index contributed by atoms with van der Waals surface area (Å²) in [7, 11) is -1.93. The third kappa shape index (κ3) is 4.03. The minimum absolute atomic E-state index is 0.00576. The Kier molecular flexibility index (Phi) is 5.99. The lowest BCUT2D eigenvalue weighted by atomic mass is 9.88. The molecule has 4 rings (SSSR count). The van der Waals surface area contributed by atoms with Gasteiger partial charge in [0.2, 0.25) is 9.04 Å². The van der Waals surface area contributed by atoms with Crippen LogP contribution >= 0.6 is 0 Å². The van der Waals surface area contributed by atoms with Crippen molar-refractivity contribution in [2.24, 2.45) is 5.73 Å². The van der Waals surface area contributed by atoms with Gasteiger partial charge in [-0.15, -0.1) is 0 Å². The van der Waals surface area contributed by atoms with Crippen molar-refractivity contribution in [1.29, 1.82) is 0 Å². The number of fused-ring (bicyclic) bond motifs is 1. The van der Waals surface area contributed by atoms with Crippen molar-refractivity contribution in [2.75, 3.05) is 13.1 Å². The quantitative estimate of drug-likeness (QED) is 0.635. The number of amides is 1. The molecule has 1 heterocycles. The summed E-state index contributed by atoms with van der Waals surface area (Å²) >= 11 is 0. The summed E-state index contributed by atoms with van der Waals surface area (Å²) in [6, 6.07) is 16.7. The van der Waals surface area contributed by atoms with E-state index in [1.54, 1.807) is 6.07 Å². The van der Waals surface area contributed by atoms with Gasteiger partial charge in [-0.2, -0.15) is 0 Å². The number of likely N-dealkylation sites (tertiary alicyclic amines) is 1. The van der Waals surface area contributed by atoms with Gasteiger partial charge >= 0.3 is 0 Å². The van der Waals surface area contributed by atoms with E-state index in [0.717, 1.165) is 34.4 Å². The van der Waals surface area contributed by atoms with Crippen molar-refractivity contribution in [1.82, 2.24) is 4.90 Å². The number of rotatable bonds is 4. The molecule has 1 saturated heterocycles. The maximum Gasteiger partial charge on any atom is 0.253 e. The zero-order chi connectivity index (χ0) is 21.3. The summed E-state index contributed by atoms with van der Waals surface area (Å²) in [6.07, 6.45) is 1.48. The average Bonchev–Trinajstić information content (AvgIpc) is 2.78. The summed E-state index contributed by atoms with van der Waals surface area (Å²) in [5.41, 5.74) is 8.00. The van der Waals surface area contributed by atoms with Crippen molar-refractivity contribution in [3.8, 4) is 0 Å². The molecule has 1 unspecified atom stereocenters. The van der Waals surface area contributed by atoms with Crippen LogP contribution in [-0.4, -0.2) is 37.7 Å². The fraction of sp³-hybridized carbons (Fsp3) is 0.292. The molecule has 0 spiro atoms. The molecule has 1 amide bonds. The predicted octanol–water partition coefficient (Wildman–Crippen LogP) is 3.01. The van der Waals surface area contributed by atoms with Crippen LogP contribution in [0.3, 0.4) is 0 Å². The summed E-state index contributed by atoms with van der Waals surface area (Å²) < 4.78 is 14.3. The summed E-state index contributed by atoms with van der Waals surface area (Å²) in [4.78, 5) is 25.0. The van der Waals surface area contributed by atoms with Gasteiger partial charge in [-0.25, -0.2) is 4.39 Å². The first-order valence-corrected chi connectivity index (χ1v) is 12.7. The van der Waals surface area contributed by atoms with Gasteiger partial charge in [0.1, 0.15) is 5.82 Å². The Hall–Kier alpha value is -2.54. The molecular formula is C24H27FN2O2Si. The standard InChI is InChI=1S/C24H27FN2O2Si/c1-30(29)23-4-2-3-18-14-19(6-7-20(18)23)24(28)27-11-9-17(10-12-27)21-13-16(15-26)5-8-22(21)25/h2-8,13-14,17,29-30H,9-12,15,26H2,1H3. The van der Waals surface area contributed by atoms with Crippen LogP contribution in [0.4, 0.5) is 4.39 Å². The number of hydrogen-bond donors (Lipinski definition) is 2. The molecule has 6 heteroatoms. The number of carbonyl (C=O) groups excluding carboxylic acids is 1. The Morgan fingerprint density at radius 3 is 2.63 bits per heavy atom. The van der Waals surface area contributed by atoms with Crippen LogP contribution in [0, 0.1) is 5.82 Å². The molecule has 1 fully saturated rings. The second-order valence-corrected chi connectivity index (χ2v) is 10.1. The normalized spacial score (nSPS) is 16.1. The topological polar surface area (TPSA) is 66.6 Å². The van der Waals surface area contributed by atoms with Crippen LogP contribution in [0.5, 0.6) is 0 Å². The van der Waals surface area contributed by atoms with Crippen molar-refractivity contribution in [3.05, 3.63) is 77.1 Å². The Morgan fingerprint density at radius 2 is 1.93 bits per heavy atom. The monoisotopic (exact) mass is 422 g/mol. The van der Waals surface area contributed by atoms with Crippen LogP contribution in [0.25, 0.3) is 10.8 Å². The van der Waals surface area contributed by atoms with Crippen LogP contribution in [0.2, 0.25) is 6.55 Å². The lowest BCUT2D eigenvalue weighted by Gasteiger charge is -2.32. The first-order chi connectivity index (χ1) is 14.5. The van der Waals surface area contributed by atoms with E-state index in [0.29, 0.717) is 30.8 Å². The highest BCUT2D eigenvalue weighted by molar-refractivity contribution is 6.67. The molecule has 3 aromatic rings. The van der Waals surface area contributed by atoms with Crippen molar-refractivity contribution in [3.63, 3.8) is 0 Å². The Labute approximate surface area is 177 Å². The fourth-order valence-corrected chi connectivity index (χ4v) is 5.52. The minimum Gasteiger partial charge on any atom is -0.431 e. The van der Waals surface area contributed by atoms with Gasteiger partial charge in [0, 0.05) is 25.2 Å². The average molecular weight is 423 g/mol. The zero-order valence-corrected chi connectivity index (χ0v) is 18.3. The van der Waals surface area contributed by atoms with Gasteiger partial charge in [-0.1, -0.05) is 36.4 Å². The van der Waals surface area contributed by atoms with E-state index in [1.807, 2.05) is 53.9 Å². The van der Waals surface area contributed by atoms with Gasteiger partial charge in [0.05, 0.1) is 0 Å². The second-order valence-electron chi connectivity index (χ2n) is 8.09. The van der Waals surface area contributed by atoms with Crippen molar-refractivity contribution < 1.29 is 14.0 Å². The molecule has 3 aromatic carbocycles. The summed E-state index contributed by atoms with van der Waals surface area (Å²) in [5.74, 6) is -0.0779. The molecule has 4 nitrogen and oxygen atoms in total.